The second-order valence-electron chi connectivity index (χ2n) is 5.70. The van der Waals surface area contributed by atoms with E-state index in [4.69, 9.17) is 5.11 Å². The fraction of sp³-hybridized carbons (Fsp3) is 0.467. The van der Waals surface area contributed by atoms with Gasteiger partial charge in [0, 0.05) is 11.2 Å². The second kappa shape index (κ2) is 6.11. The first kappa shape index (κ1) is 15.3. The van der Waals surface area contributed by atoms with E-state index in [1.807, 2.05) is 6.92 Å². The Labute approximate surface area is 122 Å². The largest absolute Gasteiger partial charge is 0.478 e. The molecule has 1 fully saturated rings. The molecule has 6 heteroatoms. The fourth-order valence-electron chi connectivity index (χ4n) is 2.66. The molecule has 3 N–H and O–H groups in total. The maximum atomic E-state index is 13.3. The predicted molar refractivity (Wildman–Crippen MR) is 77.0 cm³/mol. The van der Waals surface area contributed by atoms with Gasteiger partial charge in [-0.25, -0.2) is 14.0 Å². The van der Waals surface area contributed by atoms with Crippen molar-refractivity contribution in [2.45, 2.75) is 44.6 Å². The van der Waals surface area contributed by atoms with Gasteiger partial charge in [0.15, 0.2) is 0 Å². The van der Waals surface area contributed by atoms with E-state index in [0.717, 1.165) is 37.8 Å². The van der Waals surface area contributed by atoms with Crippen molar-refractivity contribution in [1.82, 2.24) is 5.32 Å². The van der Waals surface area contributed by atoms with Crippen molar-refractivity contribution in [2.24, 2.45) is 0 Å². The van der Waals surface area contributed by atoms with E-state index >= 15 is 0 Å². The van der Waals surface area contributed by atoms with Crippen LogP contribution in [0.15, 0.2) is 18.2 Å². The van der Waals surface area contributed by atoms with Crippen LogP contribution in [0.4, 0.5) is 14.9 Å². The number of nitrogens with one attached hydrogen (secondary N) is 2. The first-order valence-corrected chi connectivity index (χ1v) is 7.02. The molecule has 2 rings (SSSR count). The fourth-order valence-corrected chi connectivity index (χ4v) is 2.66. The molecule has 1 aliphatic rings. The molecule has 114 valence electrons. The number of hydrogen-bond donors (Lipinski definition) is 3. The smallest absolute Gasteiger partial charge is 0.338 e. The van der Waals surface area contributed by atoms with Crippen molar-refractivity contribution in [1.29, 1.82) is 0 Å². The number of rotatable bonds is 3. The third-order valence-electron chi connectivity index (χ3n) is 3.83. The Balaban J connectivity index is 2.02. The van der Waals surface area contributed by atoms with E-state index in [1.54, 1.807) is 0 Å². The Hall–Kier alpha value is -2.11. The molecule has 1 aliphatic carbocycles. The van der Waals surface area contributed by atoms with Gasteiger partial charge in [-0.2, -0.15) is 0 Å². The summed E-state index contributed by atoms with van der Waals surface area (Å²) >= 11 is 0. The van der Waals surface area contributed by atoms with Crippen LogP contribution in [0.1, 0.15) is 49.4 Å². The highest BCUT2D eigenvalue weighted by Crippen LogP contribution is 2.27. The SMILES string of the molecule is CC1(NC(=O)Nc2ccc(F)c(C(=O)O)c2)CCCCC1. The summed E-state index contributed by atoms with van der Waals surface area (Å²) in [6.07, 6.45) is 5.18. The lowest BCUT2D eigenvalue weighted by Gasteiger charge is -2.34. The maximum absolute atomic E-state index is 13.3. The number of carboxylic acid groups (broad SMARTS) is 1. The molecule has 0 radical (unpaired) electrons. The van der Waals surface area contributed by atoms with Crippen LogP contribution in [0.25, 0.3) is 0 Å². The number of halogens is 1. The molecule has 0 unspecified atom stereocenters. The first-order chi connectivity index (χ1) is 9.89. The Morgan fingerprint density at radius 3 is 2.52 bits per heavy atom. The molecule has 0 saturated heterocycles. The molecule has 2 amide bonds. The van der Waals surface area contributed by atoms with Gasteiger partial charge in [0.1, 0.15) is 5.82 Å². The number of aromatic carboxylic acids is 1. The molecular formula is C15H19FN2O3. The molecule has 0 heterocycles. The van der Waals surface area contributed by atoms with Crippen LogP contribution in [-0.4, -0.2) is 22.6 Å². The number of benzene rings is 1. The number of carboxylic acids is 1. The summed E-state index contributed by atoms with van der Waals surface area (Å²) in [5.74, 6) is -2.19. The Morgan fingerprint density at radius 1 is 1.24 bits per heavy atom. The topological polar surface area (TPSA) is 78.4 Å². The number of anilines is 1. The number of carbonyl (C=O) groups is 2. The maximum Gasteiger partial charge on any atom is 0.338 e. The van der Waals surface area contributed by atoms with Crippen molar-refractivity contribution in [3.63, 3.8) is 0 Å². The molecule has 1 saturated carbocycles. The first-order valence-electron chi connectivity index (χ1n) is 7.02. The monoisotopic (exact) mass is 294 g/mol. The minimum atomic E-state index is -1.36. The lowest BCUT2D eigenvalue weighted by atomic mass is 9.83. The summed E-state index contributed by atoms with van der Waals surface area (Å²) in [5, 5.41) is 14.3. The summed E-state index contributed by atoms with van der Waals surface area (Å²) in [7, 11) is 0. The highest BCUT2D eigenvalue weighted by molar-refractivity contribution is 5.93. The Morgan fingerprint density at radius 2 is 1.90 bits per heavy atom. The molecule has 5 nitrogen and oxygen atoms in total. The standard InChI is InChI=1S/C15H19FN2O3/c1-15(7-3-2-4-8-15)18-14(21)17-10-5-6-12(16)11(9-10)13(19)20/h5-6,9H,2-4,7-8H2,1H3,(H,19,20)(H2,17,18,21). The lowest BCUT2D eigenvalue weighted by molar-refractivity contribution is 0.0692. The normalized spacial score (nSPS) is 17.0. The van der Waals surface area contributed by atoms with E-state index in [2.05, 4.69) is 10.6 Å². The van der Waals surface area contributed by atoms with Crippen LogP contribution in [0.2, 0.25) is 0 Å². The van der Waals surface area contributed by atoms with E-state index in [9.17, 15) is 14.0 Å². The lowest BCUT2D eigenvalue weighted by Crippen LogP contribution is -2.48. The summed E-state index contributed by atoms with van der Waals surface area (Å²) in [5.41, 5.74) is -0.444. The van der Waals surface area contributed by atoms with Crippen molar-refractivity contribution in [3.05, 3.63) is 29.6 Å². The van der Waals surface area contributed by atoms with Gasteiger partial charge in [-0.3, -0.25) is 0 Å². The van der Waals surface area contributed by atoms with Crippen LogP contribution < -0.4 is 10.6 Å². The van der Waals surface area contributed by atoms with Gasteiger partial charge in [-0.1, -0.05) is 19.3 Å². The van der Waals surface area contributed by atoms with Gasteiger partial charge in [0.25, 0.3) is 0 Å². The minimum absolute atomic E-state index is 0.238. The van der Waals surface area contributed by atoms with Gasteiger partial charge >= 0.3 is 12.0 Å². The van der Waals surface area contributed by atoms with Gasteiger partial charge < -0.3 is 15.7 Å². The van der Waals surface area contributed by atoms with Crippen LogP contribution >= 0.6 is 0 Å². The molecule has 21 heavy (non-hydrogen) atoms. The number of urea groups is 1. The summed E-state index contributed by atoms with van der Waals surface area (Å²) in [4.78, 5) is 22.8. The van der Waals surface area contributed by atoms with Crippen molar-refractivity contribution < 1.29 is 19.1 Å². The summed E-state index contributed by atoms with van der Waals surface area (Å²) in [6.45, 7) is 2.00. The van der Waals surface area contributed by atoms with Gasteiger partial charge in [-0.15, -0.1) is 0 Å². The van der Waals surface area contributed by atoms with Crippen LogP contribution in [0.3, 0.4) is 0 Å². The minimum Gasteiger partial charge on any atom is -0.478 e. The molecule has 0 spiro atoms. The van der Waals surface area contributed by atoms with Gasteiger partial charge in [0.2, 0.25) is 0 Å². The number of carbonyl (C=O) groups excluding carboxylic acids is 1. The van der Waals surface area contributed by atoms with E-state index in [-0.39, 0.29) is 11.2 Å². The summed E-state index contributed by atoms with van der Waals surface area (Å²) < 4.78 is 13.3. The molecule has 0 bridgehead atoms. The zero-order valence-corrected chi connectivity index (χ0v) is 11.9. The van der Waals surface area contributed by atoms with Crippen molar-refractivity contribution in [2.75, 3.05) is 5.32 Å². The van der Waals surface area contributed by atoms with Gasteiger partial charge in [0.05, 0.1) is 5.56 Å². The highest BCUT2D eigenvalue weighted by atomic mass is 19.1. The molecule has 0 atom stereocenters. The molecule has 0 aliphatic heterocycles. The predicted octanol–water partition coefficient (Wildman–Crippen LogP) is 3.37. The van der Waals surface area contributed by atoms with Gasteiger partial charge in [-0.05, 0) is 38.0 Å². The van der Waals surface area contributed by atoms with E-state index in [0.29, 0.717) is 0 Å². The average molecular weight is 294 g/mol. The summed E-state index contributed by atoms with van der Waals surface area (Å²) in [6, 6.07) is 3.08. The van der Waals surface area contributed by atoms with E-state index in [1.165, 1.54) is 12.5 Å². The zero-order chi connectivity index (χ0) is 15.5. The Kier molecular flexibility index (Phi) is 4.45. The van der Waals surface area contributed by atoms with Crippen molar-refractivity contribution in [3.8, 4) is 0 Å². The van der Waals surface area contributed by atoms with E-state index < -0.39 is 23.4 Å². The second-order valence-corrected chi connectivity index (χ2v) is 5.70. The third-order valence-corrected chi connectivity index (χ3v) is 3.83. The number of hydrogen-bond acceptors (Lipinski definition) is 2. The molecular weight excluding hydrogens is 275 g/mol. The molecule has 1 aromatic rings. The zero-order valence-electron chi connectivity index (χ0n) is 11.9. The third kappa shape index (κ3) is 3.93. The Bertz CT molecular complexity index is 554. The number of amides is 2. The highest BCUT2D eigenvalue weighted by Gasteiger charge is 2.28. The molecule has 0 aromatic heterocycles. The van der Waals surface area contributed by atoms with Crippen molar-refractivity contribution >= 4 is 17.7 Å². The van der Waals surface area contributed by atoms with Crippen LogP contribution in [0.5, 0.6) is 0 Å². The molecule has 1 aromatic carbocycles. The van der Waals surface area contributed by atoms with Crippen LogP contribution in [0, 0.1) is 5.82 Å². The average Bonchev–Trinajstić information content (AvgIpc) is 2.40. The van der Waals surface area contributed by atoms with Crippen LogP contribution in [-0.2, 0) is 0 Å². The quantitative estimate of drug-likeness (QED) is 0.799.